The molecule has 2 saturated heterocycles. The molecule has 3 unspecified atom stereocenters. The molecule has 1 N–H and O–H groups in total. The average molecular weight is 256 g/mol. The Labute approximate surface area is 111 Å². The Bertz CT molecular complexity index is 240. The van der Waals surface area contributed by atoms with Crippen LogP contribution in [0.5, 0.6) is 0 Å². The largest absolute Gasteiger partial charge is 0.396 e. The molecule has 0 radical (unpaired) electrons. The first-order valence-electron chi connectivity index (χ1n) is 7.41. The zero-order valence-corrected chi connectivity index (χ0v) is 11.8. The van der Waals surface area contributed by atoms with Gasteiger partial charge in [-0.1, -0.05) is 0 Å². The van der Waals surface area contributed by atoms with Gasteiger partial charge in [-0.05, 0) is 39.7 Å². The lowest BCUT2D eigenvalue weighted by Crippen LogP contribution is -2.50. The second kappa shape index (κ2) is 6.85. The van der Waals surface area contributed by atoms with Crippen LogP contribution in [-0.4, -0.2) is 72.5 Å². The van der Waals surface area contributed by atoms with Crippen molar-refractivity contribution in [3.8, 4) is 0 Å². The van der Waals surface area contributed by atoms with E-state index in [0.29, 0.717) is 24.9 Å². The van der Waals surface area contributed by atoms with Gasteiger partial charge in [0.2, 0.25) is 0 Å². The van der Waals surface area contributed by atoms with Crippen LogP contribution in [0.3, 0.4) is 0 Å². The molecule has 0 saturated carbocycles. The first-order valence-corrected chi connectivity index (χ1v) is 7.41. The molecular formula is C14H28N2O2. The Balaban J connectivity index is 1.80. The summed E-state index contributed by atoms with van der Waals surface area (Å²) in [5.41, 5.74) is 0. The molecule has 0 aromatic heterocycles. The molecule has 0 bridgehead atoms. The molecule has 0 aromatic rings. The van der Waals surface area contributed by atoms with Crippen LogP contribution in [0.2, 0.25) is 0 Å². The Morgan fingerprint density at radius 2 is 1.94 bits per heavy atom. The highest BCUT2D eigenvalue weighted by molar-refractivity contribution is 4.84. The number of likely N-dealkylation sites (tertiary alicyclic amines) is 1. The summed E-state index contributed by atoms with van der Waals surface area (Å²) in [4.78, 5) is 5.11. The Morgan fingerprint density at radius 3 is 2.61 bits per heavy atom. The summed E-state index contributed by atoms with van der Waals surface area (Å²) in [6, 6.07) is 0.689. The highest BCUT2D eigenvalue weighted by Crippen LogP contribution is 2.20. The van der Waals surface area contributed by atoms with Crippen molar-refractivity contribution in [2.45, 2.75) is 51.4 Å². The second-order valence-electron chi connectivity index (χ2n) is 5.89. The second-order valence-corrected chi connectivity index (χ2v) is 5.89. The summed E-state index contributed by atoms with van der Waals surface area (Å²) in [7, 11) is 0. The van der Waals surface area contributed by atoms with Gasteiger partial charge in [0.15, 0.2) is 0 Å². The average Bonchev–Trinajstić information content (AvgIpc) is 2.72. The molecule has 0 amide bonds. The highest BCUT2D eigenvalue weighted by atomic mass is 16.5. The number of rotatable bonds is 5. The summed E-state index contributed by atoms with van der Waals surface area (Å²) >= 11 is 0. The first kappa shape index (κ1) is 14.3. The fourth-order valence-corrected chi connectivity index (χ4v) is 3.40. The minimum atomic E-state index is 0.314. The summed E-state index contributed by atoms with van der Waals surface area (Å²) in [5, 5.41) is 8.95. The van der Waals surface area contributed by atoms with Crippen LogP contribution in [0.4, 0.5) is 0 Å². The van der Waals surface area contributed by atoms with Gasteiger partial charge in [0, 0.05) is 38.8 Å². The smallest absolute Gasteiger partial charge is 0.0678 e. The molecular weight excluding hydrogens is 228 g/mol. The Hall–Kier alpha value is -0.160. The zero-order valence-electron chi connectivity index (χ0n) is 11.8. The minimum Gasteiger partial charge on any atom is -0.396 e. The third kappa shape index (κ3) is 3.92. The van der Waals surface area contributed by atoms with Crippen molar-refractivity contribution in [1.29, 1.82) is 0 Å². The van der Waals surface area contributed by atoms with Crippen molar-refractivity contribution >= 4 is 0 Å². The Morgan fingerprint density at radius 1 is 1.22 bits per heavy atom. The van der Waals surface area contributed by atoms with Gasteiger partial charge in [0.25, 0.3) is 0 Å². The van der Waals surface area contributed by atoms with Gasteiger partial charge in [-0.15, -0.1) is 0 Å². The molecule has 4 heteroatoms. The van der Waals surface area contributed by atoms with Crippen LogP contribution in [0, 0.1) is 0 Å². The standard InChI is InChI=1S/C14H28N2O2/c1-12-9-15(10-13(2)18-12)11-14-5-3-6-16(14)7-4-8-17/h12-14,17H,3-11H2,1-2H3. The van der Waals surface area contributed by atoms with Crippen molar-refractivity contribution in [3.63, 3.8) is 0 Å². The van der Waals surface area contributed by atoms with Crippen LogP contribution < -0.4 is 0 Å². The predicted octanol–water partition coefficient (Wildman–Crippen LogP) is 0.942. The summed E-state index contributed by atoms with van der Waals surface area (Å²) in [6.07, 6.45) is 4.26. The van der Waals surface area contributed by atoms with E-state index in [2.05, 4.69) is 23.6 Å². The lowest BCUT2D eigenvalue weighted by molar-refractivity contribution is -0.0723. The van der Waals surface area contributed by atoms with E-state index in [1.54, 1.807) is 0 Å². The maximum Gasteiger partial charge on any atom is 0.0678 e. The van der Waals surface area contributed by atoms with Crippen LogP contribution in [0.25, 0.3) is 0 Å². The number of morpholine rings is 1. The van der Waals surface area contributed by atoms with Crippen LogP contribution in [-0.2, 0) is 4.74 Å². The van der Waals surface area contributed by atoms with Gasteiger partial charge < -0.3 is 9.84 Å². The number of hydrogen-bond donors (Lipinski definition) is 1. The molecule has 2 aliphatic rings. The van der Waals surface area contributed by atoms with Gasteiger partial charge in [-0.2, -0.15) is 0 Å². The number of hydrogen-bond acceptors (Lipinski definition) is 4. The van der Waals surface area contributed by atoms with Gasteiger partial charge >= 0.3 is 0 Å². The number of ether oxygens (including phenoxy) is 1. The monoisotopic (exact) mass is 256 g/mol. The fraction of sp³-hybridized carbons (Fsp3) is 1.00. The normalized spacial score (nSPS) is 35.2. The molecule has 2 heterocycles. The van der Waals surface area contributed by atoms with Crippen LogP contribution >= 0.6 is 0 Å². The third-order valence-corrected chi connectivity index (χ3v) is 4.07. The maximum atomic E-state index is 8.95. The number of nitrogens with zero attached hydrogens (tertiary/aromatic N) is 2. The first-order chi connectivity index (χ1) is 8.69. The van der Waals surface area contributed by atoms with Gasteiger partial charge in [0.05, 0.1) is 12.2 Å². The van der Waals surface area contributed by atoms with E-state index in [1.165, 1.54) is 25.9 Å². The highest BCUT2D eigenvalue weighted by Gasteiger charge is 2.29. The summed E-state index contributed by atoms with van der Waals surface area (Å²) in [5.74, 6) is 0. The molecule has 106 valence electrons. The van der Waals surface area contributed by atoms with Crippen molar-refractivity contribution in [2.24, 2.45) is 0 Å². The quantitative estimate of drug-likeness (QED) is 0.794. The van der Waals surface area contributed by atoms with Crippen molar-refractivity contribution in [1.82, 2.24) is 9.80 Å². The number of aliphatic hydroxyl groups is 1. The summed E-state index contributed by atoms with van der Waals surface area (Å²) in [6.45, 7) is 10.2. The third-order valence-electron chi connectivity index (χ3n) is 4.07. The van der Waals surface area contributed by atoms with Gasteiger partial charge in [-0.3, -0.25) is 9.80 Å². The van der Waals surface area contributed by atoms with E-state index >= 15 is 0 Å². The molecule has 2 fully saturated rings. The topological polar surface area (TPSA) is 35.9 Å². The molecule has 3 atom stereocenters. The lowest BCUT2D eigenvalue weighted by Gasteiger charge is -2.38. The van der Waals surface area contributed by atoms with E-state index in [-0.39, 0.29) is 0 Å². The minimum absolute atomic E-state index is 0.314. The zero-order chi connectivity index (χ0) is 13.0. The molecule has 4 nitrogen and oxygen atoms in total. The number of aliphatic hydroxyl groups excluding tert-OH is 1. The SMILES string of the molecule is CC1CN(CC2CCCN2CCCO)CC(C)O1. The summed E-state index contributed by atoms with van der Waals surface area (Å²) < 4.78 is 5.78. The molecule has 0 aliphatic carbocycles. The molecule has 2 rings (SSSR count). The maximum absolute atomic E-state index is 8.95. The van der Waals surface area contributed by atoms with E-state index in [0.717, 1.165) is 26.1 Å². The fourth-order valence-electron chi connectivity index (χ4n) is 3.40. The van der Waals surface area contributed by atoms with E-state index in [4.69, 9.17) is 9.84 Å². The van der Waals surface area contributed by atoms with E-state index in [9.17, 15) is 0 Å². The Kier molecular flexibility index (Phi) is 5.42. The predicted molar refractivity (Wildman–Crippen MR) is 72.7 cm³/mol. The van der Waals surface area contributed by atoms with Crippen LogP contribution in [0.1, 0.15) is 33.1 Å². The van der Waals surface area contributed by atoms with E-state index in [1.807, 2.05) is 0 Å². The molecule has 2 aliphatic heterocycles. The van der Waals surface area contributed by atoms with Crippen LogP contribution in [0.15, 0.2) is 0 Å². The van der Waals surface area contributed by atoms with Gasteiger partial charge in [0.1, 0.15) is 0 Å². The molecule has 0 spiro atoms. The molecule has 0 aromatic carbocycles. The van der Waals surface area contributed by atoms with Crippen molar-refractivity contribution < 1.29 is 9.84 Å². The lowest BCUT2D eigenvalue weighted by atomic mass is 10.1. The van der Waals surface area contributed by atoms with Crippen molar-refractivity contribution in [2.75, 3.05) is 39.3 Å². The van der Waals surface area contributed by atoms with Crippen molar-refractivity contribution in [3.05, 3.63) is 0 Å². The molecule has 18 heavy (non-hydrogen) atoms. The van der Waals surface area contributed by atoms with Gasteiger partial charge in [-0.25, -0.2) is 0 Å². The van der Waals surface area contributed by atoms with E-state index < -0.39 is 0 Å².